The lowest BCUT2D eigenvalue weighted by molar-refractivity contribution is 0.518. The van der Waals surface area contributed by atoms with Crippen molar-refractivity contribution < 1.29 is 5.79 Å². The number of rotatable bonds is 0. The van der Waals surface area contributed by atoms with Crippen LogP contribution in [-0.2, 0) is 0 Å². The van der Waals surface area contributed by atoms with Gasteiger partial charge in [0.2, 0.25) is 12.3 Å². The summed E-state index contributed by atoms with van der Waals surface area (Å²) in [7, 11) is 0. The minimum absolute atomic E-state index is 0.127. The van der Waals surface area contributed by atoms with E-state index >= 15 is 0 Å². The van der Waals surface area contributed by atoms with Gasteiger partial charge in [-0.2, -0.15) is 0 Å². The van der Waals surface area contributed by atoms with Crippen molar-refractivity contribution in [3.8, 4) is 0 Å². The summed E-state index contributed by atoms with van der Waals surface area (Å²) < 4.78 is 11.2. The van der Waals surface area contributed by atoms with Crippen molar-refractivity contribution >= 4 is 0 Å². The Balaban J connectivity index is 3.04. The molecule has 0 N–H and O–H groups in total. The van der Waals surface area contributed by atoms with E-state index in [1.807, 2.05) is 0 Å². The Hall–Kier alpha value is -0.860. The highest BCUT2D eigenvalue weighted by Gasteiger charge is 1.79. The van der Waals surface area contributed by atoms with Gasteiger partial charge in [-0.3, -0.25) is 0 Å². The molecule has 0 saturated carbocycles. The number of aryl methyl sites for hydroxylation is 1. The summed E-state index contributed by atoms with van der Waals surface area (Å²) in [6.45, 7) is 1.64. The van der Waals surface area contributed by atoms with Crippen LogP contribution in [0.1, 0.15) is 7.26 Å². The fraction of sp³-hybridized carbons (Fsp3) is 0.333. The minimum Gasteiger partial charge on any atom is -0.428 e. The van der Waals surface area contributed by atoms with E-state index in [9.17, 15) is 0 Å². The van der Waals surface area contributed by atoms with Crippen LogP contribution >= 0.6 is 0 Å². The van der Waals surface area contributed by atoms with Crippen LogP contribution in [0.25, 0.3) is 0 Å². The molecule has 6 heavy (non-hydrogen) atoms. The fourth-order valence-corrected chi connectivity index (χ4v) is 0.198. The Kier molecular flexibility index (Phi) is 0.422. The highest BCUT2D eigenvalue weighted by molar-refractivity contribution is 4.60. The average Bonchev–Trinajstić information content (AvgIpc) is 1.87. The van der Waals surface area contributed by atoms with Crippen LogP contribution in [0.3, 0.4) is 0 Å². The molecule has 0 atom stereocenters. The molecule has 3 nitrogen and oxygen atoms in total. The molecule has 0 spiro atoms. The molecular formula is C3H4N2O. The lowest BCUT2D eigenvalue weighted by Gasteiger charge is -1.63. The molecule has 0 bridgehead atoms. The third kappa shape index (κ3) is 0.381. The van der Waals surface area contributed by atoms with Gasteiger partial charge in [-0.05, 0) is 0 Å². The number of nitrogens with zero attached hydrogens (tertiary/aromatic N) is 2. The van der Waals surface area contributed by atoms with Crippen LogP contribution in [0, 0.1) is 6.92 Å². The molecule has 0 saturated heterocycles. The molecule has 0 aliphatic rings. The molecule has 0 radical (unpaired) electrons. The second kappa shape index (κ2) is 1.08. The Labute approximate surface area is 36.4 Å². The van der Waals surface area contributed by atoms with Crippen molar-refractivity contribution in [3.63, 3.8) is 0 Å². The highest BCUT2D eigenvalue weighted by atomic mass is 16.4. The monoisotopic (exact) mass is 85.0 g/mol. The van der Waals surface area contributed by atoms with Gasteiger partial charge in [0.25, 0.3) is 0 Å². The van der Waals surface area contributed by atoms with Gasteiger partial charge >= 0.3 is 0 Å². The zero-order valence-corrected chi connectivity index (χ0v) is 3.30. The summed E-state index contributed by atoms with van der Waals surface area (Å²) in [6, 6.07) is 0. The summed E-state index contributed by atoms with van der Waals surface area (Å²) in [5, 5.41) is 6.68. The van der Waals surface area contributed by atoms with Crippen LogP contribution in [0.4, 0.5) is 0 Å². The van der Waals surface area contributed by atoms with Crippen LogP contribution in [0.5, 0.6) is 0 Å². The van der Waals surface area contributed by atoms with Crippen molar-refractivity contribution in [2.75, 3.05) is 0 Å². The normalized spacial score (nSPS) is 11.2. The molecule has 32 valence electrons. The van der Waals surface area contributed by atoms with Crippen LogP contribution in [0.15, 0.2) is 10.8 Å². The third-order valence-electron chi connectivity index (χ3n) is 0.425. The van der Waals surface area contributed by atoms with E-state index in [1.54, 1.807) is 6.92 Å². The fourth-order valence-electron chi connectivity index (χ4n) is 0.198. The van der Waals surface area contributed by atoms with Gasteiger partial charge in [-0.25, -0.2) is 0 Å². The van der Waals surface area contributed by atoms with E-state index in [0.29, 0.717) is 5.89 Å². The summed E-state index contributed by atoms with van der Waals surface area (Å²) >= 11 is 0. The summed E-state index contributed by atoms with van der Waals surface area (Å²) in [6.07, 6.45) is -0.127. The first kappa shape index (κ1) is 2.34. The number of hydrogen-bond acceptors (Lipinski definition) is 3. The summed E-state index contributed by atoms with van der Waals surface area (Å²) in [5.74, 6) is 0.435. The molecular weight excluding hydrogens is 80.0 g/mol. The molecule has 1 aromatic heterocycles. The number of aromatic nitrogens is 2. The lowest BCUT2D eigenvalue weighted by Crippen LogP contribution is -1.65. The molecule has 0 aromatic carbocycles. The molecule has 0 aliphatic heterocycles. The van der Waals surface area contributed by atoms with E-state index in [4.69, 9.17) is 1.37 Å². The van der Waals surface area contributed by atoms with Gasteiger partial charge < -0.3 is 4.42 Å². The Morgan fingerprint density at radius 1 is 2.17 bits per heavy atom. The van der Waals surface area contributed by atoms with Crippen LogP contribution in [-0.4, -0.2) is 10.2 Å². The molecule has 0 fully saturated rings. The first-order chi connectivity index (χ1) is 3.29. The molecule has 1 rings (SSSR count). The van der Waals surface area contributed by atoms with Crippen molar-refractivity contribution in [1.82, 2.24) is 10.2 Å². The average molecular weight is 85.1 g/mol. The first-order valence-electron chi connectivity index (χ1n) is 2.06. The maximum atomic E-state index is 6.68. The molecule has 1 aromatic rings. The second-order valence-electron chi connectivity index (χ2n) is 0.912. The largest absolute Gasteiger partial charge is 0.428 e. The maximum absolute atomic E-state index is 6.68. The maximum Gasteiger partial charge on any atom is 0.213 e. The smallest absolute Gasteiger partial charge is 0.213 e. The van der Waals surface area contributed by atoms with Gasteiger partial charge in [0, 0.05) is 6.92 Å². The van der Waals surface area contributed by atoms with E-state index < -0.39 is 0 Å². The van der Waals surface area contributed by atoms with Crippen molar-refractivity contribution in [1.29, 1.82) is 0 Å². The highest BCUT2D eigenvalue weighted by Crippen LogP contribution is 1.82. The Bertz CT molecular complexity index is 145. The van der Waals surface area contributed by atoms with Gasteiger partial charge in [0.1, 0.15) is 1.37 Å². The van der Waals surface area contributed by atoms with Crippen LogP contribution < -0.4 is 0 Å². The SMILES string of the molecule is [2H]c1nnc(C)o1. The van der Waals surface area contributed by atoms with Crippen LogP contribution in [0.2, 0.25) is 0 Å². The van der Waals surface area contributed by atoms with Gasteiger partial charge in [-0.15, -0.1) is 10.2 Å². The zero-order chi connectivity index (χ0) is 5.28. The predicted molar refractivity (Wildman–Crippen MR) is 19.0 cm³/mol. The molecule has 3 heteroatoms. The van der Waals surface area contributed by atoms with E-state index in [0.717, 1.165) is 0 Å². The quantitative estimate of drug-likeness (QED) is 0.457. The standard InChI is InChI=1S/C3H4N2O/c1-3-5-4-2-6-3/h2H,1H3/i2D. The molecule has 1 heterocycles. The first-order valence-corrected chi connectivity index (χ1v) is 1.56. The van der Waals surface area contributed by atoms with Gasteiger partial charge in [0.05, 0.1) is 0 Å². The molecule has 0 aliphatic carbocycles. The minimum atomic E-state index is -0.127. The van der Waals surface area contributed by atoms with Gasteiger partial charge in [-0.1, -0.05) is 0 Å². The second-order valence-corrected chi connectivity index (χ2v) is 0.912. The zero-order valence-electron chi connectivity index (χ0n) is 4.30. The summed E-state index contributed by atoms with van der Waals surface area (Å²) in [5.41, 5.74) is 0. The molecule has 0 unspecified atom stereocenters. The topological polar surface area (TPSA) is 38.9 Å². The van der Waals surface area contributed by atoms with Crippen molar-refractivity contribution in [2.24, 2.45) is 0 Å². The van der Waals surface area contributed by atoms with E-state index in [1.165, 1.54) is 0 Å². The van der Waals surface area contributed by atoms with Gasteiger partial charge in [0.15, 0.2) is 0 Å². The van der Waals surface area contributed by atoms with E-state index in [2.05, 4.69) is 14.6 Å². The summed E-state index contributed by atoms with van der Waals surface area (Å²) in [4.78, 5) is 0. The lowest BCUT2D eigenvalue weighted by atomic mass is 10.8. The number of hydrogen-bond donors (Lipinski definition) is 0. The van der Waals surface area contributed by atoms with Crippen molar-refractivity contribution in [2.45, 2.75) is 6.92 Å². The van der Waals surface area contributed by atoms with Crippen molar-refractivity contribution in [3.05, 3.63) is 12.3 Å². The molecule has 0 amide bonds. The predicted octanol–water partition coefficient (Wildman–Crippen LogP) is 0.378. The Morgan fingerprint density at radius 3 is 3.17 bits per heavy atom. The van der Waals surface area contributed by atoms with E-state index in [-0.39, 0.29) is 6.37 Å². The third-order valence-corrected chi connectivity index (χ3v) is 0.425. The Morgan fingerprint density at radius 2 is 3.00 bits per heavy atom.